The van der Waals surface area contributed by atoms with Crippen molar-refractivity contribution >= 4 is 0 Å². The van der Waals surface area contributed by atoms with Crippen molar-refractivity contribution in [1.82, 2.24) is 5.32 Å². The maximum atomic E-state index is 9.97. The number of piperidine rings is 1. The van der Waals surface area contributed by atoms with Gasteiger partial charge >= 0.3 is 0 Å². The van der Waals surface area contributed by atoms with E-state index in [4.69, 9.17) is 5.73 Å². The first-order valence-corrected chi connectivity index (χ1v) is 4.36. The summed E-state index contributed by atoms with van der Waals surface area (Å²) in [6.07, 6.45) is 1.79. The Kier molecular flexibility index (Phi) is 2.87. The molecule has 0 aromatic rings. The normalized spacial score (nSPS) is 39.0. The van der Waals surface area contributed by atoms with Gasteiger partial charge in [-0.1, -0.05) is 6.92 Å². The highest BCUT2D eigenvalue weighted by Crippen LogP contribution is 2.25. The molecule has 1 heterocycles. The average Bonchev–Trinajstić information content (AvgIpc) is 2.05. The second-order valence-electron chi connectivity index (χ2n) is 3.37. The average molecular weight is 158 g/mol. The molecule has 0 radical (unpaired) electrons. The summed E-state index contributed by atoms with van der Waals surface area (Å²) < 4.78 is 0. The van der Waals surface area contributed by atoms with Gasteiger partial charge in [-0.15, -0.1) is 0 Å². The summed E-state index contributed by atoms with van der Waals surface area (Å²) in [5, 5.41) is 13.2. The van der Waals surface area contributed by atoms with Crippen LogP contribution in [0.2, 0.25) is 0 Å². The third-order valence-electron chi connectivity index (χ3n) is 2.73. The highest BCUT2D eigenvalue weighted by Gasteiger charge is 2.36. The zero-order chi connectivity index (χ0) is 8.32. The van der Waals surface area contributed by atoms with Crippen LogP contribution in [0, 0.1) is 5.92 Å². The molecule has 1 fully saturated rings. The first-order chi connectivity index (χ1) is 5.23. The fourth-order valence-electron chi connectivity index (χ4n) is 1.77. The van der Waals surface area contributed by atoms with Gasteiger partial charge in [-0.2, -0.15) is 0 Å². The van der Waals surface area contributed by atoms with Crippen molar-refractivity contribution in [2.24, 2.45) is 11.7 Å². The molecule has 1 saturated heterocycles. The van der Waals surface area contributed by atoms with Crippen LogP contribution in [-0.4, -0.2) is 30.3 Å². The lowest BCUT2D eigenvalue weighted by atomic mass is 9.80. The maximum absolute atomic E-state index is 9.97. The molecule has 1 aliphatic heterocycles. The first kappa shape index (κ1) is 8.97. The molecule has 4 N–H and O–H groups in total. The fourth-order valence-corrected chi connectivity index (χ4v) is 1.77. The zero-order valence-electron chi connectivity index (χ0n) is 7.14. The highest BCUT2D eigenvalue weighted by atomic mass is 16.3. The Hall–Kier alpha value is -0.120. The van der Waals surface area contributed by atoms with Gasteiger partial charge < -0.3 is 16.2 Å². The first-order valence-electron chi connectivity index (χ1n) is 4.36. The van der Waals surface area contributed by atoms with Crippen molar-refractivity contribution in [1.29, 1.82) is 0 Å². The van der Waals surface area contributed by atoms with E-state index in [0.29, 0.717) is 12.5 Å². The lowest BCUT2D eigenvalue weighted by Gasteiger charge is -2.39. The highest BCUT2D eigenvalue weighted by molar-refractivity contribution is 4.91. The van der Waals surface area contributed by atoms with E-state index in [1.165, 1.54) is 0 Å². The molecule has 3 heteroatoms. The van der Waals surface area contributed by atoms with Crippen LogP contribution in [0.25, 0.3) is 0 Å². The van der Waals surface area contributed by atoms with E-state index in [9.17, 15) is 5.11 Å². The molecule has 11 heavy (non-hydrogen) atoms. The molecule has 0 aromatic heterocycles. The van der Waals surface area contributed by atoms with E-state index in [1.54, 1.807) is 0 Å². The number of hydrogen-bond donors (Lipinski definition) is 3. The lowest BCUT2D eigenvalue weighted by molar-refractivity contribution is -0.0335. The predicted molar refractivity (Wildman–Crippen MR) is 45.3 cm³/mol. The number of nitrogens with one attached hydrogen (secondary N) is 1. The molecule has 2 unspecified atom stereocenters. The summed E-state index contributed by atoms with van der Waals surface area (Å²) in [6.45, 7) is 4.29. The van der Waals surface area contributed by atoms with Gasteiger partial charge in [-0.3, -0.25) is 0 Å². The molecule has 1 rings (SSSR count). The molecule has 0 aromatic carbocycles. The zero-order valence-corrected chi connectivity index (χ0v) is 7.14. The summed E-state index contributed by atoms with van der Waals surface area (Å²) in [5.41, 5.74) is 4.93. The van der Waals surface area contributed by atoms with E-state index in [2.05, 4.69) is 12.2 Å². The molecule has 0 amide bonds. The van der Waals surface area contributed by atoms with Gasteiger partial charge in [0.15, 0.2) is 0 Å². The van der Waals surface area contributed by atoms with Crippen LogP contribution in [-0.2, 0) is 0 Å². The second kappa shape index (κ2) is 3.52. The number of rotatable bonds is 2. The maximum Gasteiger partial charge on any atom is 0.0821 e. The van der Waals surface area contributed by atoms with E-state index in [-0.39, 0.29) is 0 Å². The molecular formula is C8H18N2O. The standard InChI is InChI=1S/C8H18N2O/c1-2-7-5-10-4-3-8(7,11)6-9/h7,10-11H,2-6,9H2,1H3. The third-order valence-corrected chi connectivity index (χ3v) is 2.73. The predicted octanol–water partition coefficient (Wildman–Crippen LogP) is -0.304. The van der Waals surface area contributed by atoms with Crippen molar-refractivity contribution in [3.8, 4) is 0 Å². The largest absolute Gasteiger partial charge is 0.388 e. The van der Waals surface area contributed by atoms with Crippen LogP contribution >= 0.6 is 0 Å². The molecule has 2 atom stereocenters. The Morgan fingerprint density at radius 3 is 2.91 bits per heavy atom. The Balaban J connectivity index is 2.57. The fraction of sp³-hybridized carbons (Fsp3) is 1.00. The van der Waals surface area contributed by atoms with Gasteiger partial charge in [0.25, 0.3) is 0 Å². The number of nitrogens with two attached hydrogens (primary N) is 1. The van der Waals surface area contributed by atoms with Crippen molar-refractivity contribution in [2.45, 2.75) is 25.4 Å². The third kappa shape index (κ3) is 1.72. The number of aliphatic hydroxyl groups is 1. The summed E-state index contributed by atoms with van der Waals surface area (Å²) in [4.78, 5) is 0. The van der Waals surface area contributed by atoms with E-state index in [0.717, 1.165) is 25.9 Å². The van der Waals surface area contributed by atoms with Gasteiger partial charge in [0.05, 0.1) is 5.60 Å². The molecule has 0 aliphatic carbocycles. The topological polar surface area (TPSA) is 58.3 Å². The SMILES string of the molecule is CCC1CNCCC1(O)CN. The van der Waals surface area contributed by atoms with Crippen molar-refractivity contribution in [3.05, 3.63) is 0 Å². The number of hydrogen-bond acceptors (Lipinski definition) is 3. The van der Waals surface area contributed by atoms with Crippen molar-refractivity contribution < 1.29 is 5.11 Å². The Morgan fingerprint density at radius 1 is 1.73 bits per heavy atom. The smallest absolute Gasteiger partial charge is 0.0821 e. The summed E-state index contributed by atoms with van der Waals surface area (Å²) in [6, 6.07) is 0. The minimum absolute atomic E-state index is 0.334. The van der Waals surface area contributed by atoms with E-state index >= 15 is 0 Å². The second-order valence-corrected chi connectivity index (χ2v) is 3.37. The molecule has 66 valence electrons. The Labute approximate surface area is 68.0 Å². The van der Waals surface area contributed by atoms with Crippen LogP contribution in [0.1, 0.15) is 19.8 Å². The minimum atomic E-state index is -0.597. The van der Waals surface area contributed by atoms with Gasteiger partial charge in [0.2, 0.25) is 0 Å². The Morgan fingerprint density at radius 2 is 2.45 bits per heavy atom. The van der Waals surface area contributed by atoms with Gasteiger partial charge in [0, 0.05) is 19.0 Å². The lowest BCUT2D eigenvalue weighted by Crippen LogP contribution is -2.54. The van der Waals surface area contributed by atoms with Crippen LogP contribution in [0.4, 0.5) is 0 Å². The minimum Gasteiger partial charge on any atom is -0.388 e. The van der Waals surface area contributed by atoms with Crippen LogP contribution in [0.5, 0.6) is 0 Å². The van der Waals surface area contributed by atoms with Gasteiger partial charge in [-0.05, 0) is 19.4 Å². The van der Waals surface area contributed by atoms with E-state index in [1.807, 2.05) is 0 Å². The molecule has 3 nitrogen and oxygen atoms in total. The van der Waals surface area contributed by atoms with Crippen LogP contribution < -0.4 is 11.1 Å². The molecule has 1 aliphatic rings. The van der Waals surface area contributed by atoms with Crippen molar-refractivity contribution in [2.75, 3.05) is 19.6 Å². The van der Waals surface area contributed by atoms with Gasteiger partial charge in [-0.25, -0.2) is 0 Å². The van der Waals surface area contributed by atoms with Gasteiger partial charge in [0.1, 0.15) is 0 Å². The molecule has 0 spiro atoms. The molecular weight excluding hydrogens is 140 g/mol. The van der Waals surface area contributed by atoms with Crippen LogP contribution in [0.15, 0.2) is 0 Å². The quantitative estimate of drug-likeness (QED) is 0.517. The molecule has 0 bridgehead atoms. The Bertz CT molecular complexity index is 129. The molecule has 0 saturated carbocycles. The van der Waals surface area contributed by atoms with Crippen LogP contribution in [0.3, 0.4) is 0 Å². The monoisotopic (exact) mass is 158 g/mol. The summed E-state index contributed by atoms with van der Waals surface area (Å²) in [5.74, 6) is 0.334. The summed E-state index contributed by atoms with van der Waals surface area (Å²) in [7, 11) is 0. The van der Waals surface area contributed by atoms with Crippen molar-refractivity contribution in [3.63, 3.8) is 0 Å². The van der Waals surface area contributed by atoms with E-state index < -0.39 is 5.60 Å². The summed E-state index contributed by atoms with van der Waals surface area (Å²) >= 11 is 0.